The molecule has 2 atom stereocenters. The second-order valence-corrected chi connectivity index (χ2v) is 10.2. The van der Waals surface area contributed by atoms with Crippen LogP contribution in [0.4, 0.5) is 0 Å². The van der Waals surface area contributed by atoms with E-state index in [0.29, 0.717) is 5.92 Å². The molecule has 1 fully saturated rings. The summed E-state index contributed by atoms with van der Waals surface area (Å²) in [5, 5.41) is 2.86. The topological polar surface area (TPSA) is 17.1 Å². The molecule has 0 radical (unpaired) electrons. The molecule has 35 heavy (non-hydrogen) atoms. The molecule has 0 amide bonds. The van der Waals surface area contributed by atoms with Crippen LogP contribution in [0.5, 0.6) is 0 Å². The van der Waals surface area contributed by atoms with Gasteiger partial charge in [0.25, 0.3) is 0 Å². The highest BCUT2D eigenvalue weighted by Gasteiger charge is 2.30. The van der Waals surface area contributed by atoms with Gasteiger partial charge >= 0.3 is 0 Å². The third-order valence-corrected chi connectivity index (χ3v) is 8.16. The smallest absolute Gasteiger partial charge is 0.193 e. The van der Waals surface area contributed by atoms with Crippen LogP contribution in [0.2, 0.25) is 0 Å². The Kier molecular flexibility index (Phi) is 6.08. The highest BCUT2D eigenvalue weighted by Crippen LogP contribution is 2.46. The van der Waals surface area contributed by atoms with Crippen LogP contribution in [0.1, 0.15) is 77.1 Å². The summed E-state index contributed by atoms with van der Waals surface area (Å²) in [5.41, 5.74) is 7.33. The molecular formula is C34H32O. The predicted octanol–water partition coefficient (Wildman–Crippen LogP) is 8.66. The quantitative estimate of drug-likeness (QED) is 0.231. The molecule has 4 aromatic rings. The number of hydrogen-bond donors (Lipinski definition) is 0. The van der Waals surface area contributed by atoms with Crippen LogP contribution in [-0.2, 0) is 6.42 Å². The van der Waals surface area contributed by atoms with Crippen molar-refractivity contribution in [2.45, 2.75) is 50.9 Å². The minimum atomic E-state index is 0.160. The fraction of sp³-hybridized carbons (Fsp3) is 0.265. The largest absolute Gasteiger partial charge is 0.289 e. The Morgan fingerprint density at radius 3 is 2.09 bits per heavy atom. The van der Waals surface area contributed by atoms with E-state index in [1.807, 2.05) is 48.5 Å². The van der Waals surface area contributed by atoms with Crippen molar-refractivity contribution >= 4 is 16.6 Å². The fourth-order valence-corrected chi connectivity index (χ4v) is 6.47. The molecule has 1 heteroatoms. The molecule has 0 aromatic heterocycles. The number of hydrogen-bond acceptors (Lipinski definition) is 1. The van der Waals surface area contributed by atoms with E-state index in [1.54, 1.807) is 11.1 Å². The van der Waals surface area contributed by atoms with Crippen molar-refractivity contribution in [1.29, 1.82) is 0 Å². The van der Waals surface area contributed by atoms with Crippen molar-refractivity contribution in [2.24, 2.45) is 5.92 Å². The molecule has 0 N–H and O–H groups in total. The molecule has 0 spiro atoms. The van der Waals surface area contributed by atoms with Crippen LogP contribution in [0.25, 0.3) is 10.8 Å². The Bertz CT molecular complexity index is 1360. The van der Waals surface area contributed by atoms with E-state index in [2.05, 4.69) is 48.5 Å². The average molecular weight is 457 g/mol. The van der Waals surface area contributed by atoms with E-state index in [-0.39, 0.29) is 5.78 Å². The van der Waals surface area contributed by atoms with Crippen molar-refractivity contribution in [3.05, 3.63) is 130 Å². The summed E-state index contributed by atoms with van der Waals surface area (Å²) >= 11 is 0. The average Bonchev–Trinajstić information content (AvgIpc) is 2.93. The molecule has 174 valence electrons. The Morgan fingerprint density at radius 1 is 0.629 bits per heavy atom. The fourth-order valence-electron chi connectivity index (χ4n) is 6.47. The van der Waals surface area contributed by atoms with Crippen LogP contribution in [0.3, 0.4) is 0 Å². The summed E-state index contributed by atoms with van der Waals surface area (Å²) in [5.74, 6) is 1.72. The van der Waals surface area contributed by atoms with Gasteiger partial charge in [-0.05, 0) is 71.9 Å². The molecule has 4 aromatic carbocycles. The first-order valence-corrected chi connectivity index (χ1v) is 13.2. The van der Waals surface area contributed by atoms with Gasteiger partial charge in [0, 0.05) is 17.0 Å². The van der Waals surface area contributed by atoms with Gasteiger partial charge in [-0.25, -0.2) is 0 Å². The molecular weight excluding hydrogens is 424 g/mol. The number of benzene rings is 4. The second kappa shape index (κ2) is 9.66. The van der Waals surface area contributed by atoms with Gasteiger partial charge in [0.05, 0.1) is 0 Å². The first kappa shape index (κ1) is 22.0. The minimum Gasteiger partial charge on any atom is -0.289 e. The summed E-state index contributed by atoms with van der Waals surface area (Å²) < 4.78 is 0. The van der Waals surface area contributed by atoms with E-state index in [0.717, 1.165) is 34.6 Å². The Hall–Kier alpha value is -3.45. The van der Waals surface area contributed by atoms with Crippen molar-refractivity contribution < 1.29 is 4.79 Å². The Balaban J connectivity index is 0.000000136. The summed E-state index contributed by atoms with van der Waals surface area (Å²) in [6, 6.07) is 31.4. The zero-order chi connectivity index (χ0) is 23.6. The summed E-state index contributed by atoms with van der Waals surface area (Å²) in [6.07, 6.45) is 11.7. The predicted molar refractivity (Wildman–Crippen MR) is 145 cm³/mol. The number of fused-ring (bicyclic) bond motifs is 4. The van der Waals surface area contributed by atoms with Gasteiger partial charge in [0.15, 0.2) is 5.78 Å². The third kappa shape index (κ3) is 4.25. The Morgan fingerprint density at radius 2 is 1.29 bits per heavy atom. The monoisotopic (exact) mass is 456 g/mol. The van der Waals surface area contributed by atoms with Crippen molar-refractivity contribution in [1.82, 2.24) is 0 Å². The maximum atomic E-state index is 12.1. The van der Waals surface area contributed by atoms with Crippen molar-refractivity contribution in [2.75, 3.05) is 0 Å². The molecule has 1 nitrogen and oxygen atoms in total. The van der Waals surface area contributed by atoms with Gasteiger partial charge in [-0.3, -0.25) is 4.79 Å². The van der Waals surface area contributed by atoms with Crippen LogP contribution >= 0.6 is 0 Å². The van der Waals surface area contributed by atoms with Crippen LogP contribution in [0.15, 0.2) is 103 Å². The minimum absolute atomic E-state index is 0.160. The van der Waals surface area contributed by atoms with Crippen LogP contribution in [-0.4, -0.2) is 5.78 Å². The number of carbonyl (C=O) groups is 1. The van der Waals surface area contributed by atoms with E-state index in [1.165, 1.54) is 49.3 Å². The van der Waals surface area contributed by atoms with Crippen molar-refractivity contribution in [3.63, 3.8) is 0 Å². The standard InChI is InChI=1S/C20H22.C14H10O/c1-3-11-17-15(7-1)9-5-13-19(17)20-14-6-10-16-8-2-4-12-18(16)20;15-14-12-7-3-1-5-10(12)9-11-6-2-4-8-13(11)14/h1,3,5,7,9,11-13,16,20H,2,4,6,8,10,14H2;1-8H,9H2. The highest BCUT2D eigenvalue weighted by molar-refractivity contribution is 6.12. The molecule has 3 aliphatic carbocycles. The second-order valence-electron chi connectivity index (χ2n) is 10.2. The van der Waals surface area contributed by atoms with Crippen molar-refractivity contribution in [3.8, 4) is 0 Å². The van der Waals surface area contributed by atoms with E-state index in [4.69, 9.17) is 0 Å². The summed E-state index contributed by atoms with van der Waals surface area (Å²) in [7, 11) is 0. The van der Waals surface area contributed by atoms with Gasteiger partial charge in [-0.15, -0.1) is 0 Å². The zero-order valence-electron chi connectivity index (χ0n) is 20.3. The zero-order valence-corrected chi connectivity index (χ0v) is 20.3. The number of ketones is 1. The van der Waals surface area contributed by atoms with E-state index < -0.39 is 0 Å². The molecule has 2 unspecified atom stereocenters. The maximum Gasteiger partial charge on any atom is 0.193 e. The van der Waals surface area contributed by atoms with Gasteiger partial charge in [0.1, 0.15) is 0 Å². The lowest BCUT2D eigenvalue weighted by molar-refractivity contribution is 0.103. The highest BCUT2D eigenvalue weighted by atomic mass is 16.1. The number of carbonyl (C=O) groups excluding carboxylic acids is 1. The van der Waals surface area contributed by atoms with Gasteiger partial charge < -0.3 is 0 Å². The SMILES string of the molecule is C1=C2C(CCC1)CCCC2c1cccc2ccccc12.O=C1c2ccccc2Cc2ccccc21. The van der Waals surface area contributed by atoms with E-state index >= 15 is 0 Å². The van der Waals surface area contributed by atoms with Gasteiger partial charge in [-0.2, -0.15) is 0 Å². The molecule has 0 aliphatic heterocycles. The normalized spacial score (nSPS) is 20.6. The molecule has 0 bridgehead atoms. The molecule has 1 saturated carbocycles. The first-order valence-electron chi connectivity index (χ1n) is 13.2. The molecule has 7 rings (SSSR count). The number of allylic oxidation sites excluding steroid dienone is 2. The lowest BCUT2D eigenvalue weighted by Crippen LogP contribution is -2.20. The molecule has 0 heterocycles. The summed E-state index contributed by atoms with van der Waals surface area (Å²) in [6.45, 7) is 0. The van der Waals surface area contributed by atoms with Crippen LogP contribution in [0, 0.1) is 5.92 Å². The molecule has 0 saturated heterocycles. The lowest BCUT2D eigenvalue weighted by Gasteiger charge is -2.36. The van der Waals surface area contributed by atoms with Gasteiger partial charge in [0.2, 0.25) is 0 Å². The first-order chi connectivity index (χ1) is 17.3. The van der Waals surface area contributed by atoms with Crippen LogP contribution < -0.4 is 0 Å². The lowest BCUT2D eigenvalue weighted by atomic mass is 9.69. The number of rotatable bonds is 1. The Labute approximate surface area is 208 Å². The third-order valence-electron chi connectivity index (χ3n) is 8.16. The summed E-state index contributed by atoms with van der Waals surface area (Å²) in [4.78, 5) is 12.1. The maximum absolute atomic E-state index is 12.1. The molecule has 3 aliphatic rings. The van der Waals surface area contributed by atoms with Gasteiger partial charge in [-0.1, -0.05) is 109 Å². The van der Waals surface area contributed by atoms with E-state index in [9.17, 15) is 4.79 Å².